The molecule has 2 aromatic rings. The Labute approximate surface area is 173 Å². The summed E-state index contributed by atoms with van der Waals surface area (Å²) in [6.45, 7) is 8.67. The summed E-state index contributed by atoms with van der Waals surface area (Å²) in [4.78, 5) is 13.7. The van der Waals surface area contributed by atoms with Gasteiger partial charge < -0.3 is 14.4 Å². The molecule has 160 valence electrons. The molecule has 1 aromatic heterocycles. The Bertz CT molecular complexity index is 760. The molecule has 5 nitrogen and oxygen atoms in total. The van der Waals surface area contributed by atoms with Crippen LogP contribution in [0.25, 0.3) is 0 Å². The lowest BCUT2D eigenvalue weighted by Gasteiger charge is -2.27. The van der Waals surface area contributed by atoms with Crippen LogP contribution < -0.4 is 0 Å². The standard InChI is InChI=1S/C23H33FN2O3/c1-4-7-23(28)29-17-22(27)16-25(13-18(2)3)15-21-10-6-11-26(21)14-19-8-5-9-20(24)12-19/h5-6,8-12,18,22,27H,4,7,13-17H2,1-3H3/t22-/m0/s1. The molecule has 0 saturated carbocycles. The number of ether oxygens (including phenoxy) is 1. The quantitative estimate of drug-likeness (QED) is 0.546. The van der Waals surface area contributed by atoms with E-state index in [1.165, 1.54) is 6.07 Å². The molecule has 0 bridgehead atoms. The van der Waals surface area contributed by atoms with Crippen molar-refractivity contribution in [3.63, 3.8) is 0 Å². The van der Waals surface area contributed by atoms with Gasteiger partial charge in [-0.3, -0.25) is 9.69 Å². The molecule has 1 N–H and O–H groups in total. The van der Waals surface area contributed by atoms with E-state index in [4.69, 9.17) is 4.74 Å². The summed E-state index contributed by atoms with van der Waals surface area (Å²) in [7, 11) is 0. The van der Waals surface area contributed by atoms with E-state index in [1.54, 1.807) is 12.1 Å². The number of aliphatic hydroxyl groups is 1. The number of halogens is 1. The first-order chi connectivity index (χ1) is 13.9. The van der Waals surface area contributed by atoms with Gasteiger partial charge in [0.2, 0.25) is 0 Å². The van der Waals surface area contributed by atoms with Crippen molar-refractivity contribution in [3.8, 4) is 0 Å². The molecule has 0 aliphatic rings. The first kappa shape index (κ1) is 23.1. The highest BCUT2D eigenvalue weighted by molar-refractivity contribution is 5.69. The molecule has 1 aromatic carbocycles. The van der Waals surface area contributed by atoms with E-state index in [2.05, 4.69) is 23.3 Å². The van der Waals surface area contributed by atoms with Crippen LogP contribution in [0.2, 0.25) is 0 Å². The van der Waals surface area contributed by atoms with Crippen LogP contribution in [0.3, 0.4) is 0 Å². The number of rotatable bonds is 12. The number of hydrogen-bond donors (Lipinski definition) is 1. The van der Waals surface area contributed by atoms with Gasteiger partial charge in [0.1, 0.15) is 18.5 Å². The zero-order valence-corrected chi connectivity index (χ0v) is 17.7. The topological polar surface area (TPSA) is 54.7 Å². The second-order valence-corrected chi connectivity index (χ2v) is 7.93. The van der Waals surface area contributed by atoms with E-state index in [0.717, 1.165) is 24.2 Å². The summed E-state index contributed by atoms with van der Waals surface area (Å²) in [6, 6.07) is 10.6. The molecule has 0 unspecified atom stereocenters. The van der Waals surface area contributed by atoms with Gasteiger partial charge in [0.15, 0.2) is 0 Å². The predicted octanol–water partition coefficient (Wildman–Crippen LogP) is 3.84. The van der Waals surface area contributed by atoms with Crippen LogP contribution in [0.1, 0.15) is 44.9 Å². The van der Waals surface area contributed by atoms with E-state index in [-0.39, 0.29) is 18.4 Å². The highest BCUT2D eigenvalue weighted by Gasteiger charge is 2.17. The van der Waals surface area contributed by atoms with Crippen LogP contribution >= 0.6 is 0 Å². The fourth-order valence-corrected chi connectivity index (χ4v) is 3.34. The van der Waals surface area contributed by atoms with Crippen molar-refractivity contribution in [3.05, 3.63) is 59.7 Å². The second kappa shape index (κ2) is 11.7. The van der Waals surface area contributed by atoms with E-state index < -0.39 is 6.10 Å². The maximum atomic E-state index is 13.5. The van der Waals surface area contributed by atoms with E-state index >= 15 is 0 Å². The molecule has 0 aliphatic carbocycles. The largest absolute Gasteiger partial charge is 0.463 e. The summed E-state index contributed by atoms with van der Waals surface area (Å²) >= 11 is 0. The molecule has 0 spiro atoms. The number of aliphatic hydroxyl groups excluding tert-OH is 1. The third kappa shape index (κ3) is 8.38. The summed E-state index contributed by atoms with van der Waals surface area (Å²) < 4.78 is 20.7. The second-order valence-electron chi connectivity index (χ2n) is 7.93. The number of nitrogens with zero attached hydrogens (tertiary/aromatic N) is 2. The summed E-state index contributed by atoms with van der Waals surface area (Å²) in [6.07, 6.45) is 2.35. The number of carbonyl (C=O) groups excluding carboxylic acids is 1. The predicted molar refractivity (Wildman–Crippen MR) is 112 cm³/mol. The van der Waals surface area contributed by atoms with Crippen molar-refractivity contribution < 1.29 is 19.0 Å². The molecular formula is C23H33FN2O3. The zero-order chi connectivity index (χ0) is 21.2. The molecule has 0 aliphatic heterocycles. The molecule has 0 saturated heterocycles. The summed E-state index contributed by atoms with van der Waals surface area (Å²) in [5, 5.41) is 10.3. The van der Waals surface area contributed by atoms with Gasteiger partial charge >= 0.3 is 5.97 Å². The van der Waals surface area contributed by atoms with Crippen LogP contribution in [-0.4, -0.2) is 46.3 Å². The van der Waals surface area contributed by atoms with Crippen LogP contribution in [0, 0.1) is 11.7 Å². The molecular weight excluding hydrogens is 371 g/mol. The van der Waals surface area contributed by atoms with Crippen LogP contribution in [0.15, 0.2) is 42.6 Å². The van der Waals surface area contributed by atoms with Gasteiger partial charge in [-0.2, -0.15) is 0 Å². The van der Waals surface area contributed by atoms with Gasteiger partial charge in [0.05, 0.1) is 0 Å². The minimum Gasteiger partial charge on any atom is -0.463 e. The number of hydrogen-bond acceptors (Lipinski definition) is 4. The zero-order valence-electron chi connectivity index (χ0n) is 17.7. The van der Waals surface area contributed by atoms with Gasteiger partial charge in [0.25, 0.3) is 0 Å². The Morgan fingerprint density at radius 3 is 2.72 bits per heavy atom. The van der Waals surface area contributed by atoms with Crippen molar-refractivity contribution >= 4 is 5.97 Å². The van der Waals surface area contributed by atoms with Gasteiger partial charge in [0, 0.05) is 44.5 Å². The average molecular weight is 405 g/mol. The molecule has 0 amide bonds. The molecule has 2 rings (SSSR count). The van der Waals surface area contributed by atoms with Crippen molar-refractivity contribution in [2.75, 3.05) is 19.7 Å². The number of aromatic nitrogens is 1. The Morgan fingerprint density at radius 2 is 2.03 bits per heavy atom. The first-order valence-electron chi connectivity index (χ1n) is 10.3. The molecule has 6 heteroatoms. The number of benzene rings is 1. The van der Waals surface area contributed by atoms with E-state index in [1.807, 2.05) is 31.3 Å². The van der Waals surface area contributed by atoms with Crippen LogP contribution in [0.5, 0.6) is 0 Å². The van der Waals surface area contributed by atoms with Crippen molar-refractivity contribution in [2.24, 2.45) is 5.92 Å². The number of carbonyl (C=O) groups is 1. The van der Waals surface area contributed by atoms with E-state index in [0.29, 0.717) is 32.0 Å². The monoisotopic (exact) mass is 404 g/mol. The van der Waals surface area contributed by atoms with Crippen molar-refractivity contribution in [1.82, 2.24) is 9.47 Å². The van der Waals surface area contributed by atoms with Gasteiger partial charge in [-0.1, -0.05) is 32.9 Å². The highest BCUT2D eigenvalue weighted by Crippen LogP contribution is 2.13. The van der Waals surface area contributed by atoms with Crippen molar-refractivity contribution in [1.29, 1.82) is 0 Å². The Morgan fingerprint density at radius 1 is 1.24 bits per heavy atom. The van der Waals surface area contributed by atoms with E-state index in [9.17, 15) is 14.3 Å². The van der Waals surface area contributed by atoms with Gasteiger partial charge in [-0.15, -0.1) is 0 Å². The van der Waals surface area contributed by atoms with Gasteiger partial charge in [-0.05, 0) is 42.2 Å². The number of esters is 1. The smallest absolute Gasteiger partial charge is 0.305 e. The normalized spacial score (nSPS) is 12.5. The first-order valence-corrected chi connectivity index (χ1v) is 10.3. The fraction of sp³-hybridized carbons (Fsp3) is 0.522. The lowest BCUT2D eigenvalue weighted by atomic mass is 10.2. The van der Waals surface area contributed by atoms with Crippen LogP contribution in [0.4, 0.5) is 4.39 Å². The lowest BCUT2D eigenvalue weighted by Crippen LogP contribution is -2.37. The minimum atomic E-state index is -0.735. The fourth-order valence-electron chi connectivity index (χ4n) is 3.34. The minimum absolute atomic E-state index is 0.0116. The Balaban J connectivity index is 1.99. The summed E-state index contributed by atoms with van der Waals surface area (Å²) in [5.41, 5.74) is 1.99. The molecule has 1 atom stereocenters. The van der Waals surface area contributed by atoms with Crippen molar-refractivity contribution in [2.45, 2.75) is 52.8 Å². The lowest BCUT2D eigenvalue weighted by molar-refractivity contribution is -0.147. The van der Waals surface area contributed by atoms with Crippen LogP contribution in [-0.2, 0) is 22.6 Å². The Kier molecular flexibility index (Phi) is 9.35. The third-order valence-electron chi connectivity index (χ3n) is 4.53. The maximum absolute atomic E-state index is 13.5. The molecule has 0 radical (unpaired) electrons. The summed E-state index contributed by atoms with van der Waals surface area (Å²) in [5.74, 6) is -0.0826. The third-order valence-corrected chi connectivity index (χ3v) is 4.53. The maximum Gasteiger partial charge on any atom is 0.305 e. The van der Waals surface area contributed by atoms with Gasteiger partial charge in [-0.25, -0.2) is 4.39 Å². The molecule has 0 fully saturated rings. The highest BCUT2D eigenvalue weighted by atomic mass is 19.1. The SMILES string of the molecule is CCCC(=O)OC[C@@H](O)CN(Cc1cccn1Cc1cccc(F)c1)CC(C)C. The molecule has 29 heavy (non-hydrogen) atoms. The Hall–Kier alpha value is -2.18. The molecule has 1 heterocycles. The average Bonchev–Trinajstić information content (AvgIpc) is 3.06.